The van der Waals surface area contributed by atoms with Crippen LogP contribution in [0.2, 0.25) is 0 Å². The third kappa shape index (κ3) is 4.22. The molecule has 0 aliphatic carbocycles. The molecule has 30 heavy (non-hydrogen) atoms. The van der Waals surface area contributed by atoms with Crippen LogP contribution in [0.15, 0.2) is 65.4 Å². The number of esters is 1. The minimum absolute atomic E-state index is 0.255. The van der Waals surface area contributed by atoms with E-state index in [9.17, 15) is 9.59 Å². The zero-order valence-corrected chi connectivity index (χ0v) is 17.6. The summed E-state index contributed by atoms with van der Waals surface area (Å²) in [6.45, 7) is 6.69. The molecule has 3 rings (SSSR count). The highest BCUT2D eigenvalue weighted by molar-refractivity contribution is 6.23. The molecule has 0 aromatic heterocycles. The Labute approximate surface area is 176 Å². The smallest absolute Gasteiger partial charge is 0.340 e. The quantitative estimate of drug-likeness (QED) is 0.504. The number of hydrogen-bond donors (Lipinski definition) is 0. The van der Waals surface area contributed by atoms with E-state index < -0.39 is 5.97 Å². The standard InChI is InChI=1S/C24H25NO5/c1-5-29-19-11-7-17(8-12-19)15-21-22(24(27)28-4)16(3)25(23(21)26)18-9-13-20(14-10-18)30-6-2/h7-15H,5-6H2,1-4H3/b21-15-. The van der Waals surface area contributed by atoms with Crippen molar-refractivity contribution < 1.29 is 23.8 Å². The Bertz CT molecular complexity index is 987. The van der Waals surface area contributed by atoms with E-state index in [1.54, 1.807) is 37.3 Å². The number of hydrogen-bond acceptors (Lipinski definition) is 5. The Morgan fingerprint density at radius 1 is 0.933 bits per heavy atom. The molecule has 0 N–H and O–H groups in total. The molecule has 0 unspecified atom stereocenters. The molecule has 1 aliphatic rings. The average Bonchev–Trinajstić information content (AvgIpc) is 2.99. The van der Waals surface area contributed by atoms with E-state index in [1.807, 2.05) is 38.1 Å². The number of methoxy groups -OCH3 is 1. The van der Waals surface area contributed by atoms with Crippen molar-refractivity contribution in [1.82, 2.24) is 0 Å². The fourth-order valence-corrected chi connectivity index (χ4v) is 3.34. The van der Waals surface area contributed by atoms with Crippen LogP contribution in [-0.4, -0.2) is 32.2 Å². The molecule has 0 bridgehead atoms. The maximum Gasteiger partial charge on any atom is 0.340 e. The van der Waals surface area contributed by atoms with Gasteiger partial charge in [-0.1, -0.05) is 12.1 Å². The van der Waals surface area contributed by atoms with Crippen LogP contribution in [-0.2, 0) is 14.3 Å². The summed E-state index contributed by atoms with van der Waals surface area (Å²) in [7, 11) is 1.31. The SMILES string of the molecule is CCOc1ccc(/C=C2\C(=O)N(c3ccc(OCC)cc3)C(C)=C2C(=O)OC)cc1. The molecular weight excluding hydrogens is 382 g/mol. The highest BCUT2D eigenvalue weighted by Gasteiger charge is 2.37. The van der Waals surface area contributed by atoms with E-state index in [1.165, 1.54) is 12.0 Å². The summed E-state index contributed by atoms with van der Waals surface area (Å²) in [6, 6.07) is 14.5. The fourth-order valence-electron chi connectivity index (χ4n) is 3.34. The van der Waals surface area contributed by atoms with Gasteiger partial charge in [-0.3, -0.25) is 9.69 Å². The van der Waals surface area contributed by atoms with Crippen molar-refractivity contribution in [3.63, 3.8) is 0 Å². The van der Waals surface area contributed by atoms with Crippen LogP contribution < -0.4 is 14.4 Å². The lowest BCUT2D eigenvalue weighted by Gasteiger charge is -2.18. The second-order valence-electron chi connectivity index (χ2n) is 6.58. The second-order valence-corrected chi connectivity index (χ2v) is 6.58. The van der Waals surface area contributed by atoms with E-state index in [2.05, 4.69) is 0 Å². The Balaban J connectivity index is 2.00. The number of anilines is 1. The first kappa shape index (κ1) is 21.2. The highest BCUT2D eigenvalue weighted by Crippen LogP contribution is 2.36. The predicted molar refractivity (Wildman–Crippen MR) is 115 cm³/mol. The van der Waals surface area contributed by atoms with Crippen LogP contribution in [0.4, 0.5) is 5.69 Å². The molecule has 6 heteroatoms. The van der Waals surface area contributed by atoms with Crippen molar-refractivity contribution in [2.75, 3.05) is 25.2 Å². The summed E-state index contributed by atoms with van der Waals surface area (Å²) in [5, 5.41) is 0. The third-order valence-corrected chi connectivity index (χ3v) is 4.70. The van der Waals surface area contributed by atoms with Gasteiger partial charge in [-0.15, -0.1) is 0 Å². The summed E-state index contributed by atoms with van der Waals surface area (Å²) in [5.41, 5.74) is 2.50. The Morgan fingerprint density at radius 3 is 1.97 bits per heavy atom. The topological polar surface area (TPSA) is 65.1 Å². The molecule has 6 nitrogen and oxygen atoms in total. The van der Waals surface area contributed by atoms with Gasteiger partial charge in [-0.25, -0.2) is 4.79 Å². The molecule has 0 spiro atoms. The van der Waals surface area contributed by atoms with Crippen molar-refractivity contribution in [3.05, 3.63) is 70.9 Å². The van der Waals surface area contributed by atoms with Gasteiger partial charge in [0.05, 0.1) is 31.5 Å². The zero-order valence-electron chi connectivity index (χ0n) is 17.6. The van der Waals surface area contributed by atoms with Gasteiger partial charge in [0.1, 0.15) is 11.5 Å². The van der Waals surface area contributed by atoms with E-state index in [4.69, 9.17) is 14.2 Å². The van der Waals surface area contributed by atoms with Crippen molar-refractivity contribution in [2.45, 2.75) is 20.8 Å². The van der Waals surface area contributed by atoms with Crippen molar-refractivity contribution in [2.24, 2.45) is 0 Å². The predicted octanol–water partition coefficient (Wildman–Crippen LogP) is 4.36. The lowest BCUT2D eigenvalue weighted by Crippen LogP contribution is -2.24. The van der Waals surface area contributed by atoms with Gasteiger partial charge in [-0.2, -0.15) is 0 Å². The van der Waals surface area contributed by atoms with Gasteiger partial charge in [0.2, 0.25) is 0 Å². The van der Waals surface area contributed by atoms with E-state index in [-0.39, 0.29) is 17.1 Å². The Kier molecular flexibility index (Phi) is 6.57. The summed E-state index contributed by atoms with van der Waals surface area (Å²) in [6.07, 6.45) is 1.70. The van der Waals surface area contributed by atoms with Gasteiger partial charge in [0, 0.05) is 11.4 Å². The first-order chi connectivity index (χ1) is 14.5. The number of rotatable bonds is 7. The Morgan fingerprint density at radius 2 is 1.47 bits per heavy atom. The van der Waals surface area contributed by atoms with Crippen LogP contribution in [0.5, 0.6) is 11.5 Å². The molecular formula is C24H25NO5. The number of ether oxygens (including phenoxy) is 3. The summed E-state index contributed by atoms with van der Waals surface area (Å²) in [5.74, 6) is 0.624. The monoisotopic (exact) mass is 407 g/mol. The van der Waals surface area contributed by atoms with Gasteiger partial charge >= 0.3 is 5.97 Å². The second kappa shape index (κ2) is 9.31. The number of carbonyl (C=O) groups excluding carboxylic acids is 2. The molecule has 2 aromatic carbocycles. The van der Waals surface area contributed by atoms with E-state index in [0.29, 0.717) is 30.3 Å². The third-order valence-electron chi connectivity index (χ3n) is 4.70. The zero-order chi connectivity index (χ0) is 21.7. The van der Waals surface area contributed by atoms with Gasteiger partial charge in [0.15, 0.2) is 0 Å². The first-order valence-corrected chi connectivity index (χ1v) is 9.81. The summed E-state index contributed by atoms with van der Waals surface area (Å²) < 4.78 is 15.9. The molecule has 1 aliphatic heterocycles. The fraction of sp³-hybridized carbons (Fsp3) is 0.250. The maximum atomic E-state index is 13.3. The van der Waals surface area contributed by atoms with Gasteiger partial charge < -0.3 is 14.2 Å². The molecule has 0 saturated heterocycles. The summed E-state index contributed by atoms with van der Waals surface area (Å²) in [4.78, 5) is 27.3. The lowest BCUT2D eigenvalue weighted by molar-refractivity contribution is -0.136. The molecule has 156 valence electrons. The van der Waals surface area contributed by atoms with Crippen LogP contribution in [0, 0.1) is 0 Å². The molecule has 1 heterocycles. The maximum absolute atomic E-state index is 13.3. The van der Waals surface area contributed by atoms with Crippen LogP contribution in [0.25, 0.3) is 6.08 Å². The van der Waals surface area contributed by atoms with Crippen molar-refractivity contribution in [1.29, 1.82) is 0 Å². The van der Waals surface area contributed by atoms with Crippen LogP contribution in [0.3, 0.4) is 0 Å². The van der Waals surface area contributed by atoms with Crippen LogP contribution in [0.1, 0.15) is 26.3 Å². The molecule has 2 aromatic rings. The number of carbonyl (C=O) groups is 2. The van der Waals surface area contributed by atoms with Crippen molar-refractivity contribution in [3.8, 4) is 11.5 Å². The minimum Gasteiger partial charge on any atom is -0.494 e. The molecule has 0 saturated carbocycles. The highest BCUT2D eigenvalue weighted by atomic mass is 16.5. The average molecular weight is 407 g/mol. The lowest BCUT2D eigenvalue weighted by atomic mass is 10.0. The van der Waals surface area contributed by atoms with E-state index >= 15 is 0 Å². The Hall–Kier alpha value is -3.54. The summed E-state index contributed by atoms with van der Waals surface area (Å²) >= 11 is 0. The van der Waals surface area contributed by atoms with E-state index in [0.717, 1.165) is 11.3 Å². The molecule has 1 amide bonds. The largest absolute Gasteiger partial charge is 0.494 e. The number of allylic oxidation sites excluding steroid dienone is 1. The molecule has 0 fully saturated rings. The van der Waals surface area contributed by atoms with Gasteiger partial charge in [0.25, 0.3) is 5.91 Å². The molecule has 0 atom stereocenters. The number of benzene rings is 2. The van der Waals surface area contributed by atoms with Crippen molar-refractivity contribution >= 4 is 23.6 Å². The van der Waals surface area contributed by atoms with Crippen LogP contribution >= 0.6 is 0 Å². The number of nitrogens with zero attached hydrogens (tertiary/aromatic N) is 1. The normalized spacial score (nSPS) is 15.0. The number of amides is 1. The van der Waals surface area contributed by atoms with Gasteiger partial charge in [-0.05, 0) is 68.8 Å². The molecule has 0 radical (unpaired) electrons. The minimum atomic E-state index is -0.550. The first-order valence-electron chi connectivity index (χ1n) is 9.81.